The SMILES string of the molecule is CN=C(NCc1ccc(C)cc1OC)NCC1CCN(Cc2ccc(OC)cc2)CC1. The van der Waals surface area contributed by atoms with E-state index in [2.05, 4.69) is 57.8 Å². The molecule has 1 aliphatic rings. The molecule has 1 heterocycles. The molecule has 0 saturated carbocycles. The molecule has 0 aliphatic carbocycles. The average molecular weight is 425 g/mol. The van der Waals surface area contributed by atoms with Crippen molar-refractivity contribution in [3.63, 3.8) is 0 Å². The lowest BCUT2D eigenvalue weighted by atomic mass is 9.96. The number of guanidine groups is 1. The summed E-state index contributed by atoms with van der Waals surface area (Å²) in [6, 6.07) is 14.7. The molecule has 2 aromatic carbocycles. The van der Waals surface area contributed by atoms with Crippen LogP contribution < -0.4 is 20.1 Å². The van der Waals surface area contributed by atoms with Crippen LogP contribution in [0.5, 0.6) is 11.5 Å². The van der Waals surface area contributed by atoms with Crippen LogP contribution >= 0.6 is 0 Å². The summed E-state index contributed by atoms with van der Waals surface area (Å²) in [6.07, 6.45) is 2.40. The van der Waals surface area contributed by atoms with E-state index in [1.807, 2.05) is 19.2 Å². The zero-order valence-electron chi connectivity index (χ0n) is 19.3. The van der Waals surface area contributed by atoms with Gasteiger partial charge in [0.15, 0.2) is 5.96 Å². The molecule has 6 nitrogen and oxygen atoms in total. The highest BCUT2D eigenvalue weighted by Crippen LogP contribution is 2.21. The zero-order chi connectivity index (χ0) is 22.1. The van der Waals surface area contributed by atoms with Gasteiger partial charge in [-0.15, -0.1) is 0 Å². The van der Waals surface area contributed by atoms with Gasteiger partial charge in [-0.1, -0.05) is 24.3 Å². The molecular weight excluding hydrogens is 388 g/mol. The van der Waals surface area contributed by atoms with Gasteiger partial charge in [0.1, 0.15) is 11.5 Å². The van der Waals surface area contributed by atoms with Crippen molar-refractivity contribution in [2.45, 2.75) is 32.9 Å². The number of hydrogen-bond acceptors (Lipinski definition) is 4. The van der Waals surface area contributed by atoms with E-state index in [9.17, 15) is 0 Å². The number of methoxy groups -OCH3 is 2. The molecule has 0 spiro atoms. The van der Waals surface area contributed by atoms with Gasteiger partial charge in [-0.2, -0.15) is 0 Å². The van der Waals surface area contributed by atoms with Crippen LogP contribution in [0.15, 0.2) is 47.5 Å². The molecule has 0 unspecified atom stereocenters. The molecule has 168 valence electrons. The minimum Gasteiger partial charge on any atom is -0.497 e. The molecule has 3 rings (SSSR count). The molecule has 0 bridgehead atoms. The Labute approximate surface area is 186 Å². The standard InChI is InChI=1S/C25H36N4O2/c1-19-5-8-22(24(15-19)31-4)17-28-25(26-2)27-16-20-11-13-29(14-12-20)18-21-6-9-23(30-3)10-7-21/h5-10,15,20H,11-14,16-18H2,1-4H3,(H2,26,27,28). The van der Waals surface area contributed by atoms with Crippen LogP contribution in [0.2, 0.25) is 0 Å². The molecule has 2 N–H and O–H groups in total. The quantitative estimate of drug-likeness (QED) is 0.501. The molecule has 2 aromatic rings. The summed E-state index contributed by atoms with van der Waals surface area (Å²) >= 11 is 0. The number of nitrogens with zero attached hydrogens (tertiary/aromatic N) is 2. The summed E-state index contributed by atoms with van der Waals surface area (Å²) < 4.78 is 10.7. The van der Waals surface area contributed by atoms with E-state index in [0.29, 0.717) is 12.5 Å². The van der Waals surface area contributed by atoms with Gasteiger partial charge in [0.05, 0.1) is 14.2 Å². The summed E-state index contributed by atoms with van der Waals surface area (Å²) in [4.78, 5) is 6.92. The minimum atomic E-state index is 0.666. The van der Waals surface area contributed by atoms with E-state index in [4.69, 9.17) is 9.47 Å². The zero-order valence-corrected chi connectivity index (χ0v) is 19.3. The Kier molecular flexibility index (Phi) is 8.59. The molecule has 0 atom stereocenters. The van der Waals surface area contributed by atoms with E-state index in [1.54, 1.807) is 14.2 Å². The van der Waals surface area contributed by atoms with Gasteiger partial charge < -0.3 is 20.1 Å². The second-order valence-electron chi connectivity index (χ2n) is 8.19. The van der Waals surface area contributed by atoms with Crippen molar-refractivity contribution >= 4 is 5.96 Å². The number of hydrogen-bond donors (Lipinski definition) is 2. The average Bonchev–Trinajstić information content (AvgIpc) is 2.81. The third-order valence-electron chi connectivity index (χ3n) is 5.94. The third kappa shape index (κ3) is 6.89. The normalized spacial score (nSPS) is 15.5. The number of likely N-dealkylation sites (tertiary alicyclic amines) is 1. The molecule has 1 fully saturated rings. The van der Waals surface area contributed by atoms with Crippen molar-refractivity contribution in [1.82, 2.24) is 15.5 Å². The Morgan fingerprint density at radius 1 is 1.03 bits per heavy atom. The minimum absolute atomic E-state index is 0.666. The lowest BCUT2D eigenvalue weighted by molar-refractivity contribution is 0.178. The topological polar surface area (TPSA) is 58.1 Å². The van der Waals surface area contributed by atoms with Gasteiger partial charge in [0.25, 0.3) is 0 Å². The highest BCUT2D eigenvalue weighted by molar-refractivity contribution is 5.79. The van der Waals surface area contributed by atoms with Gasteiger partial charge in [-0.05, 0) is 68.1 Å². The Balaban J connectivity index is 1.39. The Morgan fingerprint density at radius 3 is 2.42 bits per heavy atom. The Hall–Kier alpha value is -2.73. The number of rotatable bonds is 8. The summed E-state index contributed by atoms with van der Waals surface area (Å²) in [6.45, 7) is 6.97. The summed E-state index contributed by atoms with van der Waals surface area (Å²) in [5, 5.41) is 6.91. The number of ether oxygens (including phenoxy) is 2. The lowest BCUT2D eigenvalue weighted by Gasteiger charge is -2.32. The van der Waals surface area contributed by atoms with Gasteiger partial charge >= 0.3 is 0 Å². The van der Waals surface area contributed by atoms with E-state index < -0.39 is 0 Å². The van der Waals surface area contributed by atoms with Crippen LogP contribution in [0.25, 0.3) is 0 Å². The van der Waals surface area contributed by atoms with Gasteiger partial charge in [0.2, 0.25) is 0 Å². The fourth-order valence-electron chi connectivity index (χ4n) is 3.98. The predicted octanol–water partition coefficient (Wildman–Crippen LogP) is 3.59. The van der Waals surface area contributed by atoms with Crippen LogP contribution in [-0.2, 0) is 13.1 Å². The van der Waals surface area contributed by atoms with Crippen LogP contribution in [0.3, 0.4) is 0 Å². The third-order valence-corrected chi connectivity index (χ3v) is 5.94. The van der Waals surface area contributed by atoms with Crippen molar-refractivity contribution < 1.29 is 9.47 Å². The predicted molar refractivity (Wildman–Crippen MR) is 127 cm³/mol. The first-order valence-corrected chi connectivity index (χ1v) is 11.0. The number of benzene rings is 2. The summed E-state index contributed by atoms with van der Waals surface area (Å²) in [5.74, 6) is 3.33. The maximum absolute atomic E-state index is 5.50. The van der Waals surface area contributed by atoms with Crippen molar-refractivity contribution in [1.29, 1.82) is 0 Å². The number of aryl methyl sites for hydroxylation is 1. The van der Waals surface area contributed by atoms with Crippen molar-refractivity contribution in [3.8, 4) is 11.5 Å². The molecule has 1 aliphatic heterocycles. The maximum atomic E-state index is 5.50. The molecule has 0 aromatic heterocycles. The van der Waals surface area contributed by atoms with Crippen LogP contribution in [-0.4, -0.2) is 51.8 Å². The fourth-order valence-corrected chi connectivity index (χ4v) is 3.98. The van der Waals surface area contributed by atoms with E-state index >= 15 is 0 Å². The lowest BCUT2D eigenvalue weighted by Crippen LogP contribution is -2.42. The number of nitrogens with one attached hydrogen (secondary N) is 2. The van der Waals surface area contributed by atoms with Crippen LogP contribution in [0.1, 0.15) is 29.5 Å². The van der Waals surface area contributed by atoms with E-state index in [-0.39, 0.29) is 0 Å². The fraction of sp³-hybridized carbons (Fsp3) is 0.480. The van der Waals surface area contributed by atoms with Crippen LogP contribution in [0.4, 0.5) is 0 Å². The molecule has 31 heavy (non-hydrogen) atoms. The molecule has 0 radical (unpaired) electrons. The van der Waals surface area contributed by atoms with Gasteiger partial charge in [-0.3, -0.25) is 9.89 Å². The monoisotopic (exact) mass is 424 g/mol. The highest BCUT2D eigenvalue weighted by Gasteiger charge is 2.19. The highest BCUT2D eigenvalue weighted by atomic mass is 16.5. The first kappa shape index (κ1) is 22.9. The smallest absolute Gasteiger partial charge is 0.191 e. The molecule has 0 amide bonds. The van der Waals surface area contributed by atoms with E-state index in [1.165, 1.54) is 24.0 Å². The first-order chi connectivity index (χ1) is 15.1. The summed E-state index contributed by atoms with van der Waals surface area (Å²) in [5.41, 5.74) is 3.66. The summed E-state index contributed by atoms with van der Waals surface area (Å²) in [7, 11) is 5.24. The Bertz CT molecular complexity index is 843. The maximum Gasteiger partial charge on any atom is 0.191 e. The molecule has 6 heteroatoms. The molecular formula is C25H36N4O2. The van der Waals surface area contributed by atoms with E-state index in [0.717, 1.165) is 49.2 Å². The Morgan fingerprint density at radius 2 is 1.77 bits per heavy atom. The van der Waals surface area contributed by atoms with Crippen LogP contribution in [0, 0.1) is 12.8 Å². The number of aliphatic imine (C=N–C) groups is 1. The first-order valence-electron chi connectivity index (χ1n) is 11.0. The van der Waals surface area contributed by atoms with Gasteiger partial charge in [0, 0.05) is 32.2 Å². The molecule has 1 saturated heterocycles. The number of piperidine rings is 1. The second-order valence-corrected chi connectivity index (χ2v) is 8.19. The van der Waals surface area contributed by atoms with Crippen molar-refractivity contribution in [2.24, 2.45) is 10.9 Å². The van der Waals surface area contributed by atoms with Gasteiger partial charge in [-0.25, -0.2) is 0 Å². The van der Waals surface area contributed by atoms with Crippen molar-refractivity contribution in [3.05, 3.63) is 59.2 Å². The largest absolute Gasteiger partial charge is 0.497 e. The van der Waals surface area contributed by atoms with Crippen molar-refractivity contribution in [2.75, 3.05) is 40.9 Å². The second kappa shape index (κ2) is 11.6.